The Hall–Kier alpha value is -1.88. The summed E-state index contributed by atoms with van der Waals surface area (Å²) in [4.78, 5) is 11.0. The molecule has 0 aliphatic heterocycles. The van der Waals surface area contributed by atoms with Crippen molar-refractivity contribution < 1.29 is 0 Å². The van der Waals surface area contributed by atoms with Crippen LogP contribution in [0, 0.1) is 0 Å². The van der Waals surface area contributed by atoms with E-state index in [0.717, 1.165) is 29.8 Å². The fourth-order valence-corrected chi connectivity index (χ4v) is 1.89. The van der Waals surface area contributed by atoms with E-state index >= 15 is 0 Å². The van der Waals surface area contributed by atoms with Gasteiger partial charge >= 0.3 is 0 Å². The van der Waals surface area contributed by atoms with Crippen molar-refractivity contribution in [3.8, 4) is 0 Å². The predicted molar refractivity (Wildman–Crippen MR) is 70.9 cm³/mol. The first kappa shape index (κ1) is 11.6. The first-order valence-corrected chi connectivity index (χ1v) is 5.78. The average Bonchev–Trinajstić information content (AvgIpc) is 2.39. The molecule has 0 radical (unpaired) electrons. The topological polar surface area (TPSA) is 67.1 Å². The van der Waals surface area contributed by atoms with E-state index in [0.29, 0.717) is 5.95 Å². The van der Waals surface area contributed by atoms with Crippen molar-refractivity contribution in [3.05, 3.63) is 24.3 Å². The van der Waals surface area contributed by atoms with Gasteiger partial charge < -0.3 is 4.90 Å². The lowest BCUT2D eigenvalue weighted by Crippen LogP contribution is -2.24. The second kappa shape index (κ2) is 4.97. The summed E-state index contributed by atoms with van der Waals surface area (Å²) in [5, 5.41) is 1.05. The SMILES string of the molecule is CCN(CC)c1nc(NN)nc2ccccc12. The number of nitrogens with one attached hydrogen (secondary N) is 1. The van der Waals surface area contributed by atoms with Crippen molar-refractivity contribution in [3.63, 3.8) is 0 Å². The van der Waals surface area contributed by atoms with Gasteiger partial charge in [0.15, 0.2) is 0 Å². The maximum atomic E-state index is 5.40. The fraction of sp³-hybridized carbons (Fsp3) is 0.333. The first-order valence-electron chi connectivity index (χ1n) is 5.78. The van der Waals surface area contributed by atoms with Crippen LogP contribution in [0.2, 0.25) is 0 Å². The molecule has 0 unspecified atom stereocenters. The summed E-state index contributed by atoms with van der Waals surface area (Å²) < 4.78 is 0. The summed E-state index contributed by atoms with van der Waals surface area (Å²) in [7, 11) is 0. The van der Waals surface area contributed by atoms with Gasteiger partial charge in [-0.1, -0.05) is 12.1 Å². The minimum Gasteiger partial charge on any atom is -0.356 e. The van der Waals surface area contributed by atoms with Crippen LogP contribution < -0.4 is 16.2 Å². The monoisotopic (exact) mass is 231 g/mol. The maximum absolute atomic E-state index is 5.40. The predicted octanol–water partition coefficient (Wildman–Crippen LogP) is 1.76. The molecule has 1 aromatic heterocycles. The van der Waals surface area contributed by atoms with Gasteiger partial charge in [-0.25, -0.2) is 10.8 Å². The molecule has 0 amide bonds. The lowest BCUT2D eigenvalue weighted by atomic mass is 10.2. The van der Waals surface area contributed by atoms with Crippen molar-refractivity contribution in [1.82, 2.24) is 9.97 Å². The third-order valence-corrected chi connectivity index (χ3v) is 2.78. The van der Waals surface area contributed by atoms with Gasteiger partial charge in [-0.2, -0.15) is 4.98 Å². The van der Waals surface area contributed by atoms with Crippen LogP contribution in [0.5, 0.6) is 0 Å². The molecule has 0 spiro atoms. The zero-order valence-electron chi connectivity index (χ0n) is 10.1. The Labute approximate surface area is 101 Å². The van der Waals surface area contributed by atoms with Crippen LogP contribution in [0.25, 0.3) is 10.9 Å². The fourth-order valence-electron chi connectivity index (χ4n) is 1.89. The number of hydrazine groups is 1. The molecule has 0 aliphatic carbocycles. The second-order valence-corrected chi connectivity index (χ2v) is 3.70. The van der Waals surface area contributed by atoms with Crippen molar-refractivity contribution in [2.45, 2.75) is 13.8 Å². The van der Waals surface area contributed by atoms with Gasteiger partial charge in [-0.3, -0.25) is 5.43 Å². The summed E-state index contributed by atoms with van der Waals surface area (Å²) in [5.41, 5.74) is 3.41. The molecule has 0 saturated heterocycles. The highest BCUT2D eigenvalue weighted by atomic mass is 15.3. The van der Waals surface area contributed by atoms with Crippen LogP contribution in [0.15, 0.2) is 24.3 Å². The van der Waals surface area contributed by atoms with Gasteiger partial charge in [0.25, 0.3) is 0 Å². The molecule has 1 heterocycles. The Morgan fingerprint density at radius 2 is 1.88 bits per heavy atom. The number of nitrogens with two attached hydrogens (primary N) is 1. The quantitative estimate of drug-likeness (QED) is 0.620. The van der Waals surface area contributed by atoms with Crippen molar-refractivity contribution in [2.75, 3.05) is 23.4 Å². The molecule has 17 heavy (non-hydrogen) atoms. The summed E-state index contributed by atoms with van der Waals surface area (Å²) in [6.07, 6.45) is 0. The number of hydrogen-bond donors (Lipinski definition) is 2. The lowest BCUT2D eigenvalue weighted by molar-refractivity contribution is 0.849. The van der Waals surface area contributed by atoms with Gasteiger partial charge in [0.05, 0.1) is 5.52 Å². The molecule has 5 heteroatoms. The molecule has 0 aliphatic rings. The maximum Gasteiger partial charge on any atom is 0.239 e. The van der Waals surface area contributed by atoms with E-state index in [1.54, 1.807) is 0 Å². The Morgan fingerprint density at radius 3 is 2.53 bits per heavy atom. The minimum absolute atomic E-state index is 0.450. The van der Waals surface area contributed by atoms with Crippen LogP contribution in [0.1, 0.15) is 13.8 Å². The van der Waals surface area contributed by atoms with Crippen LogP contribution in [0.3, 0.4) is 0 Å². The number of nitrogens with zero attached hydrogens (tertiary/aromatic N) is 3. The van der Waals surface area contributed by atoms with E-state index in [1.807, 2.05) is 24.3 Å². The van der Waals surface area contributed by atoms with E-state index in [2.05, 4.69) is 34.1 Å². The minimum atomic E-state index is 0.450. The lowest BCUT2D eigenvalue weighted by Gasteiger charge is -2.21. The molecule has 0 bridgehead atoms. The number of nitrogen functional groups attached to an aromatic ring is 1. The van der Waals surface area contributed by atoms with Gasteiger partial charge in [0.2, 0.25) is 5.95 Å². The van der Waals surface area contributed by atoms with Crippen molar-refractivity contribution in [1.29, 1.82) is 0 Å². The summed E-state index contributed by atoms with van der Waals surface area (Å²) in [5.74, 6) is 6.77. The Balaban J connectivity index is 2.65. The third-order valence-electron chi connectivity index (χ3n) is 2.78. The largest absolute Gasteiger partial charge is 0.356 e. The van der Waals surface area contributed by atoms with Crippen molar-refractivity contribution >= 4 is 22.7 Å². The Kier molecular flexibility index (Phi) is 3.39. The highest BCUT2D eigenvalue weighted by molar-refractivity contribution is 5.90. The number of rotatable bonds is 4. The highest BCUT2D eigenvalue weighted by Gasteiger charge is 2.11. The normalized spacial score (nSPS) is 10.5. The number of benzene rings is 1. The second-order valence-electron chi connectivity index (χ2n) is 3.70. The Bertz CT molecular complexity index is 507. The van der Waals surface area contributed by atoms with Gasteiger partial charge in [-0.15, -0.1) is 0 Å². The van der Waals surface area contributed by atoms with E-state index in [1.165, 1.54) is 0 Å². The van der Waals surface area contributed by atoms with Crippen LogP contribution in [0.4, 0.5) is 11.8 Å². The van der Waals surface area contributed by atoms with Crippen molar-refractivity contribution in [2.24, 2.45) is 5.84 Å². The molecule has 0 saturated carbocycles. The number of anilines is 2. The molecular formula is C12H17N5. The van der Waals surface area contributed by atoms with E-state index in [9.17, 15) is 0 Å². The molecule has 0 fully saturated rings. The van der Waals surface area contributed by atoms with E-state index in [-0.39, 0.29) is 0 Å². The summed E-state index contributed by atoms with van der Waals surface area (Å²) in [6, 6.07) is 7.95. The average molecular weight is 231 g/mol. The zero-order chi connectivity index (χ0) is 12.3. The van der Waals surface area contributed by atoms with Crippen LogP contribution in [-0.4, -0.2) is 23.1 Å². The van der Waals surface area contributed by atoms with E-state index < -0.39 is 0 Å². The van der Waals surface area contributed by atoms with Crippen LogP contribution >= 0.6 is 0 Å². The molecule has 90 valence electrons. The molecule has 5 nitrogen and oxygen atoms in total. The van der Waals surface area contributed by atoms with Gasteiger partial charge in [0.1, 0.15) is 5.82 Å². The first-order chi connectivity index (χ1) is 8.30. The summed E-state index contributed by atoms with van der Waals surface area (Å²) >= 11 is 0. The zero-order valence-corrected chi connectivity index (χ0v) is 10.1. The molecule has 0 atom stereocenters. The highest BCUT2D eigenvalue weighted by Crippen LogP contribution is 2.24. The van der Waals surface area contributed by atoms with Crippen LogP contribution in [-0.2, 0) is 0 Å². The van der Waals surface area contributed by atoms with Gasteiger partial charge in [0, 0.05) is 18.5 Å². The number of fused-ring (bicyclic) bond motifs is 1. The van der Waals surface area contributed by atoms with E-state index in [4.69, 9.17) is 5.84 Å². The molecule has 2 rings (SSSR count). The third kappa shape index (κ3) is 2.14. The standard InChI is InChI=1S/C12H17N5/c1-3-17(4-2)11-9-7-5-6-8-10(9)14-12(15-11)16-13/h5-8H,3-4,13H2,1-2H3,(H,14,15,16). The number of para-hydroxylation sites is 1. The molecule has 1 aromatic carbocycles. The molecular weight excluding hydrogens is 214 g/mol. The number of hydrogen-bond acceptors (Lipinski definition) is 5. The summed E-state index contributed by atoms with van der Waals surface area (Å²) in [6.45, 7) is 6.02. The smallest absolute Gasteiger partial charge is 0.239 e. The van der Waals surface area contributed by atoms with Gasteiger partial charge in [-0.05, 0) is 26.0 Å². The molecule has 3 N–H and O–H groups in total. The molecule has 2 aromatic rings. The Morgan fingerprint density at radius 1 is 1.18 bits per heavy atom. The number of aromatic nitrogens is 2.